The third-order valence-corrected chi connectivity index (χ3v) is 6.65. The molecule has 3 rings (SSSR count). The second-order valence-electron chi connectivity index (χ2n) is 7.21. The monoisotopic (exact) mass is 312 g/mol. The maximum Gasteiger partial charge on any atom is 0.187 e. The van der Waals surface area contributed by atoms with Gasteiger partial charge in [-0.15, -0.1) is 0 Å². The normalized spacial score (nSPS) is 54.1. The average Bonchev–Trinajstić information content (AvgIpc) is 2.60. The highest BCUT2D eigenvalue weighted by atomic mass is 16.6. The first-order valence-corrected chi connectivity index (χ1v) is 7.60. The van der Waals surface area contributed by atoms with Crippen molar-refractivity contribution < 1.29 is 29.6 Å². The summed E-state index contributed by atoms with van der Waals surface area (Å²) < 4.78 is 11.7. The van der Waals surface area contributed by atoms with Gasteiger partial charge in [-0.25, -0.2) is 0 Å². The third kappa shape index (κ3) is 1.45. The van der Waals surface area contributed by atoms with Crippen molar-refractivity contribution >= 4 is 5.78 Å². The van der Waals surface area contributed by atoms with E-state index in [1.54, 1.807) is 13.0 Å². The van der Waals surface area contributed by atoms with E-state index in [1.807, 2.05) is 13.8 Å². The molecule has 6 heteroatoms. The minimum Gasteiger partial charge on any atom is -0.396 e. The average molecular weight is 312 g/mol. The van der Waals surface area contributed by atoms with Crippen LogP contribution in [0.4, 0.5) is 0 Å². The topological polar surface area (TPSA) is 96.2 Å². The molecule has 1 aliphatic heterocycles. The van der Waals surface area contributed by atoms with Gasteiger partial charge in [0, 0.05) is 12.5 Å². The van der Waals surface area contributed by atoms with Crippen LogP contribution in [-0.2, 0) is 14.3 Å². The molecule has 1 unspecified atom stereocenters. The molecule has 1 heterocycles. The lowest BCUT2D eigenvalue weighted by molar-refractivity contribution is -0.299. The van der Waals surface area contributed by atoms with E-state index >= 15 is 0 Å². The van der Waals surface area contributed by atoms with Crippen molar-refractivity contribution in [1.82, 2.24) is 0 Å². The van der Waals surface area contributed by atoms with Crippen LogP contribution in [-0.4, -0.2) is 64.8 Å². The highest BCUT2D eigenvalue weighted by molar-refractivity contribution is 6.00. The lowest BCUT2D eigenvalue weighted by atomic mass is 9.49. The van der Waals surface area contributed by atoms with Gasteiger partial charge in [-0.2, -0.15) is 0 Å². The van der Waals surface area contributed by atoms with Crippen LogP contribution in [0.1, 0.15) is 27.2 Å². The first-order valence-electron chi connectivity index (χ1n) is 7.60. The summed E-state index contributed by atoms with van der Waals surface area (Å²) >= 11 is 0. The number of aliphatic hydroxyl groups is 3. The van der Waals surface area contributed by atoms with Gasteiger partial charge in [0.05, 0.1) is 29.8 Å². The van der Waals surface area contributed by atoms with Gasteiger partial charge in [0.15, 0.2) is 5.78 Å². The van der Waals surface area contributed by atoms with Crippen LogP contribution in [0.25, 0.3) is 0 Å². The molecule has 2 fully saturated rings. The predicted molar refractivity (Wildman–Crippen MR) is 77.1 cm³/mol. The van der Waals surface area contributed by atoms with Crippen molar-refractivity contribution in [2.75, 3.05) is 13.7 Å². The molecule has 0 radical (unpaired) electrons. The van der Waals surface area contributed by atoms with Crippen molar-refractivity contribution in [2.24, 2.45) is 10.8 Å². The standard InChI is InChI=1S/C16H24O6/c1-8-5-10-16(7-17,12(20)11(8)19)14(2)6-9(18)13(22-10)15(14,3)21-4/h5,9-10,12-13,17-18,20H,6-7H2,1-4H3/t9-,10-,12-,13-,14+,15?,16-/m1/s1. The van der Waals surface area contributed by atoms with E-state index in [0.717, 1.165) is 0 Å². The number of hydrogen-bond acceptors (Lipinski definition) is 6. The summed E-state index contributed by atoms with van der Waals surface area (Å²) in [6.45, 7) is 4.87. The molecule has 3 aliphatic rings. The van der Waals surface area contributed by atoms with Gasteiger partial charge in [0.1, 0.15) is 12.2 Å². The molecule has 0 amide bonds. The summed E-state index contributed by atoms with van der Waals surface area (Å²) in [5, 5.41) is 31.3. The fourth-order valence-corrected chi connectivity index (χ4v) is 4.97. The maximum absolute atomic E-state index is 12.4. The number of rotatable bonds is 2. The number of hydrogen-bond donors (Lipinski definition) is 3. The van der Waals surface area contributed by atoms with Gasteiger partial charge in [0.2, 0.25) is 0 Å². The Kier molecular flexibility index (Phi) is 3.37. The first-order chi connectivity index (χ1) is 10.2. The van der Waals surface area contributed by atoms with E-state index in [2.05, 4.69) is 0 Å². The van der Waals surface area contributed by atoms with Gasteiger partial charge in [-0.05, 0) is 31.9 Å². The van der Waals surface area contributed by atoms with Crippen molar-refractivity contribution in [3.63, 3.8) is 0 Å². The maximum atomic E-state index is 12.4. The molecular weight excluding hydrogens is 288 g/mol. The lowest BCUT2D eigenvalue weighted by Gasteiger charge is -2.62. The Labute approximate surface area is 129 Å². The number of fused-ring (bicyclic) bond motifs is 4. The summed E-state index contributed by atoms with van der Waals surface area (Å²) in [4.78, 5) is 12.4. The van der Waals surface area contributed by atoms with Gasteiger partial charge in [-0.3, -0.25) is 4.79 Å². The van der Waals surface area contributed by atoms with E-state index in [0.29, 0.717) is 5.57 Å². The fraction of sp³-hybridized carbons (Fsp3) is 0.812. The molecule has 1 saturated carbocycles. The number of carbonyl (C=O) groups is 1. The SMILES string of the molecule is COC1(C)[C@@H]2O[C@@H]3C=C(C)C(=O)[C@@H](O)[C@]3(CO)[C@@]1(C)C[C@H]2O. The number of methoxy groups -OCH3 is 1. The molecular formula is C16H24O6. The van der Waals surface area contributed by atoms with Crippen molar-refractivity contribution in [2.45, 2.75) is 57.2 Å². The lowest BCUT2D eigenvalue weighted by Crippen LogP contribution is -2.73. The zero-order valence-corrected chi connectivity index (χ0v) is 13.4. The van der Waals surface area contributed by atoms with E-state index in [1.165, 1.54) is 7.11 Å². The van der Waals surface area contributed by atoms with Crippen molar-refractivity contribution in [3.05, 3.63) is 11.6 Å². The van der Waals surface area contributed by atoms with E-state index < -0.39 is 53.2 Å². The zero-order valence-electron chi connectivity index (χ0n) is 13.4. The van der Waals surface area contributed by atoms with Crippen LogP contribution < -0.4 is 0 Å². The minimum atomic E-state index is -1.39. The highest BCUT2D eigenvalue weighted by Crippen LogP contribution is 2.66. The second kappa shape index (κ2) is 4.61. The highest BCUT2D eigenvalue weighted by Gasteiger charge is 2.77. The molecule has 6 nitrogen and oxygen atoms in total. The Morgan fingerprint density at radius 1 is 1.41 bits per heavy atom. The van der Waals surface area contributed by atoms with Crippen molar-refractivity contribution in [3.8, 4) is 0 Å². The quantitative estimate of drug-likeness (QED) is 0.653. The minimum absolute atomic E-state index is 0.288. The van der Waals surface area contributed by atoms with Gasteiger partial charge in [0.25, 0.3) is 0 Å². The summed E-state index contributed by atoms with van der Waals surface area (Å²) in [6, 6.07) is 0. The van der Waals surface area contributed by atoms with Crippen LogP contribution in [0, 0.1) is 10.8 Å². The summed E-state index contributed by atoms with van der Waals surface area (Å²) in [7, 11) is 1.52. The Balaban J connectivity index is 2.26. The van der Waals surface area contributed by atoms with E-state index in [9.17, 15) is 20.1 Å². The molecule has 1 saturated heterocycles. The second-order valence-corrected chi connectivity index (χ2v) is 7.21. The predicted octanol–water partition coefficient (Wildman–Crippen LogP) is -0.202. The molecule has 0 aromatic carbocycles. The van der Waals surface area contributed by atoms with Crippen LogP contribution in [0.3, 0.4) is 0 Å². The Morgan fingerprint density at radius 3 is 2.59 bits per heavy atom. The largest absolute Gasteiger partial charge is 0.396 e. The molecule has 0 aromatic rings. The number of ketones is 1. The van der Waals surface area contributed by atoms with Crippen molar-refractivity contribution in [1.29, 1.82) is 0 Å². The third-order valence-electron chi connectivity index (χ3n) is 6.65. The number of carbonyl (C=O) groups excluding carboxylic acids is 1. The molecule has 2 bridgehead atoms. The summed E-state index contributed by atoms with van der Waals surface area (Å²) in [5.74, 6) is -0.409. The molecule has 3 N–H and O–H groups in total. The number of ether oxygens (including phenoxy) is 2. The van der Waals surface area contributed by atoms with Gasteiger partial charge in [-0.1, -0.05) is 6.92 Å². The molecule has 7 atom stereocenters. The smallest absolute Gasteiger partial charge is 0.187 e. The summed E-state index contributed by atoms with van der Waals surface area (Å²) in [5.41, 5.74) is -2.54. The number of aliphatic hydroxyl groups excluding tert-OH is 3. The summed E-state index contributed by atoms with van der Waals surface area (Å²) in [6.07, 6.45) is -1.43. The van der Waals surface area contributed by atoms with Crippen LogP contribution >= 0.6 is 0 Å². The molecule has 22 heavy (non-hydrogen) atoms. The van der Waals surface area contributed by atoms with E-state index in [-0.39, 0.29) is 6.42 Å². The Morgan fingerprint density at radius 2 is 2.05 bits per heavy atom. The fourth-order valence-electron chi connectivity index (χ4n) is 4.97. The van der Waals surface area contributed by atoms with Crippen LogP contribution in [0.5, 0.6) is 0 Å². The molecule has 0 spiro atoms. The zero-order chi connectivity index (χ0) is 16.5. The van der Waals surface area contributed by atoms with Crippen LogP contribution in [0.15, 0.2) is 11.6 Å². The van der Waals surface area contributed by atoms with E-state index in [4.69, 9.17) is 9.47 Å². The molecule has 2 aliphatic carbocycles. The Bertz CT molecular complexity index is 545. The first kappa shape index (κ1) is 16.1. The Hall–Kier alpha value is -0.790. The van der Waals surface area contributed by atoms with Crippen LogP contribution in [0.2, 0.25) is 0 Å². The molecule has 124 valence electrons. The molecule has 0 aromatic heterocycles. The number of Topliss-reactive ketones (excluding diaryl/α,β-unsaturated/α-hetero) is 1. The van der Waals surface area contributed by atoms with Gasteiger partial charge >= 0.3 is 0 Å². The van der Waals surface area contributed by atoms with Gasteiger partial charge < -0.3 is 24.8 Å².